The summed E-state index contributed by atoms with van der Waals surface area (Å²) < 4.78 is 15.6. The van der Waals surface area contributed by atoms with Crippen LogP contribution in [0, 0.1) is 12.7 Å². The lowest BCUT2D eigenvalue weighted by molar-refractivity contribution is 0.0532. The number of carbonyl (C=O) groups excluding carboxylic acids is 2. The van der Waals surface area contributed by atoms with Crippen LogP contribution in [0.15, 0.2) is 24.5 Å². The third-order valence-electron chi connectivity index (χ3n) is 6.56. The Balaban J connectivity index is 1.32. The molecule has 188 valence electrons. The first-order chi connectivity index (χ1) is 17.4. The molecule has 4 heterocycles. The van der Waals surface area contributed by atoms with Crippen molar-refractivity contribution < 1.29 is 18.8 Å². The summed E-state index contributed by atoms with van der Waals surface area (Å²) >= 11 is 0. The molecule has 0 spiro atoms. The van der Waals surface area contributed by atoms with Crippen LogP contribution in [0.25, 0.3) is 10.9 Å². The molecule has 1 saturated heterocycles. The van der Waals surface area contributed by atoms with E-state index in [-0.39, 0.29) is 11.4 Å². The third kappa shape index (κ3) is 4.18. The van der Waals surface area contributed by atoms with Gasteiger partial charge >= 0.3 is 6.03 Å². The van der Waals surface area contributed by atoms with E-state index in [9.17, 15) is 9.59 Å². The van der Waals surface area contributed by atoms with Gasteiger partial charge in [-0.3, -0.25) is 19.4 Å². The standard InChI is InChI=1S/C24H27FN8O3/c1-4-33-22-19-17(26-13-27-22)11-15(20(25)21(19)29-24(33)35)12-31-7-9-32(10-8-31)18-6-5-16(28-14(18)2)23(34)30-36-3/h5-6,11,13H,4,7-10,12H2,1-3H3,(H,29,35)(H,30,34). The summed E-state index contributed by atoms with van der Waals surface area (Å²) in [7, 11) is 1.37. The first-order valence-electron chi connectivity index (χ1n) is 11.7. The molecule has 12 heteroatoms. The highest BCUT2D eigenvalue weighted by atomic mass is 19.1. The molecule has 2 N–H and O–H groups in total. The number of amides is 3. The van der Waals surface area contributed by atoms with Gasteiger partial charge in [-0.25, -0.2) is 29.6 Å². The summed E-state index contributed by atoms with van der Waals surface area (Å²) in [4.78, 5) is 47.9. The molecule has 11 nitrogen and oxygen atoms in total. The van der Waals surface area contributed by atoms with Gasteiger partial charge in [-0.15, -0.1) is 0 Å². The Morgan fingerprint density at radius 3 is 2.69 bits per heavy atom. The number of pyridine rings is 1. The highest BCUT2D eigenvalue weighted by molar-refractivity contribution is 6.17. The van der Waals surface area contributed by atoms with Crippen molar-refractivity contribution >= 4 is 40.0 Å². The quantitative estimate of drug-likeness (QED) is 0.502. The van der Waals surface area contributed by atoms with Crippen molar-refractivity contribution in [2.24, 2.45) is 0 Å². The molecule has 0 unspecified atom stereocenters. The largest absolute Gasteiger partial charge is 0.368 e. The number of nitrogens with one attached hydrogen (secondary N) is 2. The second kappa shape index (κ2) is 9.63. The van der Waals surface area contributed by atoms with Crippen LogP contribution in [0.1, 0.15) is 28.7 Å². The molecule has 0 radical (unpaired) electrons. The molecule has 1 aromatic carbocycles. The highest BCUT2D eigenvalue weighted by Gasteiger charge is 2.30. The fourth-order valence-electron chi connectivity index (χ4n) is 4.79. The minimum Gasteiger partial charge on any atom is -0.368 e. The zero-order valence-corrected chi connectivity index (χ0v) is 20.3. The number of hydrogen-bond donors (Lipinski definition) is 2. The van der Waals surface area contributed by atoms with Crippen molar-refractivity contribution in [1.29, 1.82) is 0 Å². The number of carbonyl (C=O) groups is 2. The first kappa shape index (κ1) is 23.8. The Kier molecular flexibility index (Phi) is 6.37. The zero-order valence-electron chi connectivity index (χ0n) is 20.3. The topological polar surface area (TPSA) is 116 Å². The number of anilines is 3. The highest BCUT2D eigenvalue weighted by Crippen LogP contribution is 2.38. The second-order valence-corrected chi connectivity index (χ2v) is 8.69. The molecule has 2 aliphatic heterocycles. The van der Waals surface area contributed by atoms with Crippen LogP contribution in [-0.4, -0.2) is 71.6 Å². The van der Waals surface area contributed by atoms with E-state index in [0.29, 0.717) is 48.5 Å². The van der Waals surface area contributed by atoms with Crippen molar-refractivity contribution in [3.63, 3.8) is 0 Å². The van der Waals surface area contributed by atoms with E-state index in [1.165, 1.54) is 18.3 Å². The van der Waals surface area contributed by atoms with Crippen molar-refractivity contribution in [3.8, 4) is 0 Å². The molecule has 0 atom stereocenters. The predicted octanol–water partition coefficient (Wildman–Crippen LogP) is 2.46. The van der Waals surface area contributed by atoms with Gasteiger partial charge in [0.15, 0.2) is 5.82 Å². The molecule has 3 aromatic rings. The number of nitrogens with zero attached hydrogens (tertiary/aromatic N) is 6. The van der Waals surface area contributed by atoms with Crippen molar-refractivity contribution in [2.75, 3.05) is 55.0 Å². The van der Waals surface area contributed by atoms with E-state index in [4.69, 9.17) is 0 Å². The molecule has 0 bridgehead atoms. The lowest BCUT2D eigenvalue weighted by atomic mass is 10.1. The molecule has 36 heavy (non-hydrogen) atoms. The maximum Gasteiger partial charge on any atom is 0.327 e. The van der Waals surface area contributed by atoms with E-state index >= 15 is 4.39 Å². The number of piperazine rings is 1. The molecule has 3 amide bonds. The Bertz CT molecular complexity index is 1340. The number of halogens is 1. The van der Waals surface area contributed by atoms with Crippen LogP contribution in [0.3, 0.4) is 0 Å². The molecular formula is C24H27FN8O3. The second-order valence-electron chi connectivity index (χ2n) is 8.69. The van der Waals surface area contributed by atoms with Gasteiger partial charge in [0.05, 0.1) is 35.1 Å². The van der Waals surface area contributed by atoms with Gasteiger partial charge in [-0.2, -0.15) is 0 Å². The number of benzene rings is 1. The Morgan fingerprint density at radius 1 is 1.22 bits per heavy atom. The Morgan fingerprint density at radius 2 is 2.00 bits per heavy atom. The fourth-order valence-corrected chi connectivity index (χ4v) is 4.79. The smallest absolute Gasteiger partial charge is 0.327 e. The number of rotatable bonds is 6. The number of urea groups is 1. The van der Waals surface area contributed by atoms with Gasteiger partial charge < -0.3 is 10.2 Å². The summed E-state index contributed by atoms with van der Waals surface area (Å²) in [5.74, 6) is -0.422. The molecule has 2 aliphatic rings. The summed E-state index contributed by atoms with van der Waals surface area (Å²) in [5, 5.41) is 3.21. The Hall–Kier alpha value is -3.90. The lowest BCUT2D eigenvalue weighted by Gasteiger charge is -2.37. The minimum atomic E-state index is -0.449. The average Bonchev–Trinajstić information content (AvgIpc) is 2.87. The molecule has 5 rings (SSSR count). The molecule has 0 saturated carbocycles. The van der Waals surface area contributed by atoms with Crippen LogP contribution >= 0.6 is 0 Å². The van der Waals surface area contributed by atoms with E-state index < -0.39 is 17.8 Å². The summed E-state index contributed by atoms with van der Waals surface area (Å²) in [5.41, 5.74) is 5.48. The number of aromatic nitrogens is 3. The van der Waals surface area contributed by atoms with Gasteiger partial charge in [0, 0.05) is 44.8 Å². The van der Waals surface area contributed by atoms with Gasteiger partial charge in [-0.1, -0.05) is 0 Å². The minimum absolute atomic E-state index is 0.144. The van der Waals surface area contributed by atoms with Gasteiger partial charge in [0.2, 0.25) is 0 Å². The van der Waals surface area contributed by atoms with Crippen molar-refractivity contribution in [1.82, 2.24) is 25.3 Å². The predicted molar refractivity (Wildman–Crippen MR) is 132 cm³/mol. The fraction of sp³-hybridized carbons (Fsp3) is 0.375. The van der Waals surface area contributed by atoms with Crippen LogP contribution in [0.2, 0.25) is 0 Å². The maximum absolute atomic E-state index is 15.6. The molecule has 1 fully saturated rings. The van der Waals surface area contributed by atoms with E-state index in [1.807, 2.05) is 19.9 Å². The van der Waals surface area contributed by atoms with E-state index in [0.717, 1.165) is 24.5 Å². The van der Waals surface area contributed by atoms with Crippen LogP contribution in [-0.2, 0) is 11.4 Å². The van der Waals surface area contributed by atoms with Crippen LogP contribution in [0.4, 0.5) is 26.4 Å². The molecule has 2 aromatic heterocycles. The van der Waals surface area contributed by atoms with Gasteiger partial charge in [-0.05, 0) is 32.0 Å². The SMILES string of the molecule is CCN1C(=O)Nc2c(F)c(CN3CCN(c4ccc(C(=O)NOC)nc4C)CC3)cc3ncnc1c23. The number of aryl methyl sites for hydroxylation is 1. The lowest BCUT2D eigenvalue weighted by Crippen LogP contribution is -2.46. The van der Waals surface area contributed by atoms with Crippen molar-refractivity contribution in [3.05, 3.63) is 47.3 Å². The number of hydroxylamine groups is 1. The van der Waals surface area contributed by atoms with Gasteiger partial charge in [0.25, 0.3) is 5.91 Å². The zero-order chi connectivity index (χ0) is 25.4. The molecular weight excluding hydrogens is 467 g/mol. The first-order valence-corrected chi connectivity index (χ1v) is 11.7. The van der Waals surface area contributed by atoms with Crippen LogP contribution < -0.4 is 20.6 Å². The van der Waals surface area contributed by atoms with E-state index in [2.05, 4.69) is 40.4 Å². The van der Waals surface area contributed by atoms with Gasteiger partial charge in [0.1, 0.15) is 17.8 Å². The third-order valence-corrected chi connectivity index (χ3v) is 6.56. The maximum atomic E-state index is 15.6. The van der Waals surface area contributed by atoms with Crippen molar-refractivity contribution in [2.45, 2.75) is 20.4 Å². The summed E-state index contributed by atoms with van der Waals surface area (Å²) in [6.45, 7) is 7.39. The van der Waals surface area contributed by atoms with Crippen LogP contribution in [0.5, 0.6) is 0 Å². The Labute approximate surface area is 207 Å². The summed E-state index contributed by atoms with van der Waals surface area (Å²) in [6.07, 6.45) is 1.41. The number of hydrogen-bond acceptors (Lipinski definition) is 8. The normalized spacial score (nSPS) is 15.8. The average molecular weight is 495 g/mol. The monoisotopic (exact) mass is 494 g/mol. The summed E-state index contributed by atoms with van der Waals surface area (Å²) in [6, 6.07) is 4.90. The van der Waals surface area contributed by atoms with E-state index in [1.54, 1.807) is 12.1 Å². The molecule has 0 aliphatic carbocycles.